The fourth-order valence-corrected chi connectivity index (χ4v) is 5.59. The molecule has 0 atom stereocenters. The predicted molar refractivity (Wildman–Crippen MR) is 144 cm³/mol. The fraction of sp³-hybridized carbons (Fsp3) is 0.483. The first-order valence-corrected chi connectivity index (χ1v) is 13.7. The summed E-state index contributed by atoms with van der Waals surface area (Å²) in [5.41, 5.74) is 2.28. The molecule has 2 aromatic heterocycles. The molecule has 0 bridgehead atoms. The number of nitrogens with zero attached hydrogens (tertiary/aromatic N) is 3. The molecular weight excluding hydrogens is 484 g/mol. The lowest BCUT2D eigenvalue weighted by molar-refractivity contribution is 0.0364. The normalized spacial score (nSPS) is 18.4. The Balaban J connectivity index is 1.36. The van der Waals surface area contributed by atoms with E-state index in [-0.39, 0.29) is 23.1 Å². The van der Waals surface area contributed by atoms with Crippen LogP contribution in [0.5, 0.6) is 11.5 Å². The van der Waals surface area contributed by atoms with Gasteiger partial charge in [-0.1, -0.05) is 25.3 Å². The van der Waals surface area contributed by atoms with Gasteiger partial charge in [0.2, 0.25) is 0 Å². The zero-order valence-electron chi connectivity index (χ0n) is 21.6. The molecule has 4 heterocycles. The molecule has 0 unspecified atom stereocenters. The summed E-state index contributed by atoms with van der Waals surface area (Å²) < 4.78 is 18.5. The van der Waals surface area contributed by atoms with Gasteiger partial charge in [0, 0.05) is 49.4 Å². The van der Waals surface area contributed by atoms with E-state index in [1.807, 2.05) is 24.3 Å². The lowest BCUT2D eigenvalue weighted by Gasteiger charge is -2.27. The minimum Gasteiger partial charge on any atom is -0.486 e. The average Bonchev–Trinajstić information content (AvgIpc) is 2.97. The van der Waals surface area contributed by atoms with Crippen LogP contribution in [0.25, 0.3) is 22.2 Å². The Labute approximate surface area is 221 Å². The van der Waals surface area contributed by atoms with E-state index in [9.17, 15) is 9.59 Å². The molecule has 1 saturated heterocycles. The van der Waals surface area contributed by atoms with Crippen LogP contribution in [0.1, 0.15) is 42.5 Å². The van der Waals surface area contributed by atoms with E-state index in [4.69, 9.17) is 19.2 Å². The van der Waals surface area contributed by atoms with Gasteiger partial charge < -0.3 is 19.5 Å². The van der Waals surface area contributed by atoms with Crippen molar-refractivity contribution in [1.82, 2.24) is 19.8 Å². The first-order valence-electron chi connectivity index (χ1n) is 13.7. The van der Waals surface area contributed by atoms with Crippen molar-refractivity contribution in [2.75, 3.05) is 46.1 Å². The summed E-state index contributed by atoms with van der Waals surface area (Å²) in [6.45, 7) is 5.24. The van der Waals surface area contributed by atoms with Crippen molar-refractivity contribution >= 4 is 16.9 Å². The van der Waals surface area contributed by atoms with Gasteiger partial charge in [0.25, 0.3) is 11.5 Å². The Kier molecular flexibility index (Phi) is 7.29. The maximum absolute atomic E-state index is 13.6. The Morgan fingerprint density at radius 3 is 2.53 bits per heavy atom. The van der Waals surface area contributed by atoms with E-state index < -0.39 is 0 Å². The zero-order chi connectivity index (χ0) is 25.9. The van der Waals surface area contributed by atoms with Gasteiger partial charge in [-0.05, 0) is 42.7 Å². The molecular formula is C29H34N4O5. The minimum atomic E-state index is -0.298. The lowest BCUT2D eigenvalue weighted by Crippen LogP contribution is -2.42. The molecule has 1 aliphatic carbocycles. The van der Waals surface area contributed by atoms with Crippen LogP contribution in [0.15, 0.2) is 41.3 Å². The Hall–Kier alpha value is -3.43. The van der Waals surface area contributed by atoms with E-state index >= 15 is 0 Å². The second-order valence-electron chi connectivity index (χ2n) is 10.3. The molecule has 1 amide bonds. The summed E-state index contributed by atoms with van der Waals surface area (Å²) in [5, 5.41) is 3.88. The summed E-state index contributed by atoms with van der Waals surface area (Å²) in [5.74, 6) is 1.14. The number of pyridine rings is 2. The number of carbonyl (C=O) groups excluding carboxylic acids is 1. The van der Waals surface area contributed by atoms with Crippen LogP contribution in [-0.4, -0.2) is 72.5 Å². The summed E-state index contributed by atoms with van der Waals surface area (Å²) >= 11 is 0. The average molecular weight is 519 g/mol. The molecule has 1 N–H and O–H groups in total. The first-order chi connectivity index (χ1) is 18.7. The molecule has 0 spiro atoms. The Morgan fingerprint density at radius 2 is 1.71 bits per heavy atom. The van der Waals surface area contributed by atoms with Crippen molar-refractivity contribution in [2.24, 2.45) is 0 Å². The molecule has 6 rings (SSSR count). The van der Waals surface area contributed by atoms with E-state index in [1.165, 1.54) is 6.42 Å². The maximum Gasteiger partial charge on any atom is 0.265 e. The third-order valence-electron chi connectivity index (χ3n) is 7.73. The van der Waals surface area contributed by atoms with E-state index in [1.54, 1.807) is 16.8 Å². The predicted octanol–water partition coefficient (Wildman–Crippen LogP) is 3.23. The van der Waals surface area contributed by atoms with E-state index in [0.29, 0.717) is 50.9 Å². The summed E-state index contributed by atoms with van der Waals surface area (Å²) in [7, 11) is 0. The molecule has 9 nitrogen and oxygen atoms in total. The van der Waals surface area contributed by atoms with Gasteiger partial charge in [0.1, 0.15) is 24.4 Å². The highest BCUT2D eigenvalue weighted by Crippen LogP contribution is 2.35. The van der Waals surface area contributed by atoms with Crippen LogP contribution < -0.4 is 20.3 Å². The number of fused-ring (bicyclic) bond motifs is 2. The molecule has 3 aromatic rings. The molecule has 1 aromatic carbocycles. The number of aromatic nitrogens is 2. The third-order valence-corrected chi connectivity index (χ3v) is 7.73. The monoisotopic (exact) mass is 518 g/mol. The highest BCUT2D eigenvalue weighted by atomic mass is 16.6. The number of hydrogen-bond donors (Lipinski definition) is 1. The maximum atomic E-state index is 13.6. The van der Waals surface area contributed by atoms with Crippen LogP contribution in [-0.2, 0) is 11.3 Å². The quantitative estimate of drug-likeness (QED) is 0.535. The lowest BCUT2D eigenvalue weighted by atomic mass is 9.95. The second-order valence-corrected chi connectivity index (χ2v) is 10.3. The van der Waals surface area contributed by atoms with Crippen molar-refractivity contribution in [1.29, 1.82) is 0 Å². The SMILES string of the molecule is O=C(NC1CCCCC1)c1cc2cc(-c3ccc4c(c3)OCCO4)cnc2n(CCN2CCOCC2)c1=O. The zero-order valence-corrected chi connectivity index (χ0v) is 21.6. The first kappa shape index (κ1) is 24.9. The summed E-state index contributed by atoms with van der Waals surface area (Å²) in [6.07, 6.45) is 7.11. The summed E-state index contributed by atoms with van der Waals surface area (Å²) in [6, 6.07) is 9.64. The second kappa shape index (κ2) is 11.1. The minimum absolute atomic E-state index is 0.121. The van der Waals surface area contributed by atoms with Crippen molar-refractivity contribution in [3.8, 4) is 22.6 Å². The smallest absolute Gasteiger partial charge is 0.265 e. The van der Waals surface area contributed by atoms with Crippen molar-refractivity contribution < 1.29 is 19.0 Å². The van der Waals surface area contributed by atoms with E-state index in [2.05, 4.69) is 10.2 Å². The van der Waals surface area contributed by atoms with Gasteiger partial charge in [-0.3, -0.25) is 19.1 Å². The highest BCUT2D eigenvalue weighted by Gasteiger charge is 2.22. The standard InChI is InChI=1S/C29H34N4O5/c34-28(31-23-4-2-1-3-5-23)24-17-21-16-22(20-6-7-25-26(18-20)38-15-14-37-25)19-30-27(21)33(29(24)35)9-8-32-10-12-36-13-11-32/h6-7,16-19,23H,1-5,8-15H2,(H,31,34). The van der Waals surface area contributed by atoms with Gasteiger partial charge in [-0.2, -0.15) is 0 Å². The highest BCUT2D eigenvalue weighted by molar-refractivity contribution is 5.97. The molecule has 9 heteroatoms. The number of morpholine rings is 1. The van der Waals surface area contributed by atoms with Crippen LogP contribution in [0.3, 0.4) is 0 Å². The van der Waals surface area contributed by atoms with Gasteiger partial charge in [-0.25, -0.2) is 4.98 Å². The topological polar surface area (TPSA) is 94.9 Å². The third kappa shape index (κ3) is 5.26. The Bertz CT molecular complexity index is 1380. The number of ether oxygens (including phenoxy) is 3. The van der Waals surface area contributed by atoms with Gasteiger partial charge in [0.15, 0.2) is 11.5 Å². The van der Waals surface area contributed by atoms with Crippen LogP contribution in [0, 0.1) is 0 Å². The van der Waals surface area contributed by atoms with Gasteiger partial charge >= 0.3 is 0 Å². The van der Waals surface area contributed by atoms with Gasteiger partial charge in [0.05, 0.1) is 13.2 Å². The van der Waals surface area contributed by atoms with Gasteiger partial charge in [-0.15, -0.1) is 0 Å². The largest absolute Gasteiger partial charge is 0.486 e. The molecule has 3 aliphatic rings. The molecule has 200 valence electrons. The van der Waals surface area contributed by atoms with Crippen LogP contribution in [0.4, 0.5) is 0 Å². The van der Waals surface area contributed by atoms with E-state index in [0.717, 1.165) is 61.0 Å². The number of benzene rings is 1. The Morgan fingerprint density at radius 1 is 0.921 bits per heavy atom. The molecule has 2 fully saturated rings. The molecule has 38 heavy (non-hydrogen) atoms. The number of nitrogens with one attached hydrogen (secondary N) is 1. The van der Waals surface area contributed by atoms with Crippen molar-refractivity contribution in [3.63, 3.8) is 0 Å². The van der Waals surface area contributed by atoms with Crippen molar-refractivity contribution in [2.45, 2.75) is 44.7 Å². The molecule has 0 radical (unpaired) electrons. The fourth-order valence-electron chi connectivity index (χ4n) is 5.59. The number of rotatable bonds is 6. The summed E-state index contributed by atoms with van der Waals surface area (Å²) in [4.78, 5) is 34.0. The van der Waals surface area contributed by atoms with Crippen molar-refractivity contribution in [3.05, 3.63) is 52.4 Å². The number of hydrogen-bond acceptors (Lipinski definition) is 7. The van der Waals surface area contributed by atoms with Crippen LogP contribution in [0.2, 0.25) is 0 Å². The molecule has 2 aliphatic heterocycles. The molecule has 1 saturated carbocycles. The number of carbonyl (C=O) groups is 1. The van der Waals surface area contributed by atoms with Crippen LogP contribution >= 0.6 is 0 Å². The number of amides is 1.